The summed E-state index contributed by atoms with van der Waals surface area (Å²) < 4.78 is 11.1. The Morgan fingerprint density at radius 1 is 1.11 bits per heavy atom. The van der Waals surface area contributed by atoms with Crippen LogP contribution in [0.4, 0.5) is 0 Å². The first-order chi connectivity index (χ1) is 12.4. The van der Waals surface area contributed by atoms with E-state index in [9.17, 15) is 14.4 Å². The zero-order chi connectivity index (χ0) is 20.4. The number of hydrogen-bond acceptors (Lipinski definition) is 5. The van der Waals surface area contributed by atoms with Gasteiger partial charge in [-0.1, -0.05) is 40.5 Å². The fraction of sp³-hybridized carbons (Fsp3) is 0.857. The van der Waals surface area contributed by atoms with Gasteiger partial charge >= 0.3 is 5.97 Å². The van der Waals surface area contributed by atoms with Gasteiger partial charge < -0.3 is 15.2 Å². The van der Waals surface area contributed by atoms with Crippen LogP contribution in [0.3, 0.4) is 0 Å². The van der Waals surface area contributed by atoms with Crippen LogP contribution in [-0.4, -0.2) is 35.5 Å². The molecule has 0 radical (unpaired) electrons. The van der Waals surface area contributed by atoms with Crippen molar-refractivity contribution in [2.24, 2.45) is 23.0 Å². The average molecular weight is 382 g/mol. The largest absolute Gasteiger partial charge is 0.452 e. The Morgan fingerprint density at radius 3 is 2.41 bits per heavy atom. The summed E-state index contributed by atoms with van der Waals surface area (Å²) in [6.07, 6.45) is 3.48. The number of esters is 1. The third kappa shape index (κ3) is 5.77. The number of ether oxygens (including phenoxy) is 2. The van der Waals surface area contributed by atoms with Crippen LogP contribution in [0.5, 0.6) is 0 Å². The van der Waals surface area contributed by atoms with Gasteiger partial charge in [-0.25, -0.2) is 0 Å². The maximum Gasteiger partial charge on any atom is 0.306 e. The Bertz CT molecular complexity index is 587. The van der Waals surface area contributed by atoms with E-state index >= 15 is 0 Å². The highest BCUT2D eigenvalue weighted by molar-refractivity contribution is 5.87. The number of epoxide rings is 1. The van der Waals surface area contributed by atoms with Crippen LogP contribution in [0, 0.1) is 17.3 Å². The molecule has 0 aromatic carbocycles. The molecule has 2 fully saturated rings. The van der Waals surface area contributed by atoms with Crippen LogP contribution in [0.2, 0.25) is 0 Å². The number of amides is 1. The van der Waals surface area contributed by atoms with Crippen LogP contribution >= 0.6 is 0 Å². The van der Waals surface area contributed by atoms with Gasteiger partial charge in [-0.2, -0.15) is 0 Å². The van der Waals surface area contributed by atoms with E-state index in [0.29, 0.717) is 18.8 Å². The zero-order valence-electron chi connectivity index (χ0n) is 17.4. The van der Waals surface area contributed by atoms with Gasteiger partial charge in [0.25, 0.3) is 5.91 Å². The second kappa shape index (κ2) is 8.29. The second-order valence-corrected chi connectivity index (χ2v) is 9.42. The van der Waals surface area contributed by atoms with Crippen LogP contribution in [0.15, 0.2) is 0 Å². The van der Waals surface area contributed by atoms with Crippen LogP contribution < -0.4 is 5.73 Å². The molecule has 0 aliphatic carbocycles. The summed E-state index contributed by atoms with van der Waals surface area (Å²) in [6.45, 7) is 9.95. The molecule has 2 aliphatic heterocycles. The summed E-state index contributed by atoms with van der Waals surface area (Å²) in [7, 11) is 0. The number of fused-ring (bicyclic) bond motifs is 1. The molecule has 5 unspecified atom stereocenters. The molecule has 2 saturated heterocycles. The molecular formula is C21H35NO5. The maximum absolute atomic E-state index is 12.8. The summed E-state index contributed by atoms with van der Waals surface area (Å²) >= 11 is 0. The highest BCUT2D eigenvalue weighted by atomic mass is 16.6. The van der Waals surface area contributed by atoms with Crippen molar-refractivity contribution in [3.63, 3.8) is 0 Å². The first-order valence-corrected chi connectivity index (χ1v) is 10.2. The van der Waals surface area contributed by atoms with Crippen molar-refractivity contribution in [3.8, 4) is 0 Å². The highest BCUT2D eigenvalue weighted by Gasteiger charge is 2.53. The molecule has 6 nitrogen and oxygen atoms in total. The molecule has 0 aromatic rings. The monoisotopic (exact) mass is 381 g/mol. The normalized spacial score (nSPS) is 38.6. The third-order valence-corrected chi connectivity index (χ3v) is 6.25. The molecule has 27 heavy (non-hydrogen) atoms. The molecule has 1 amide bonds. The minimum atomic E-state index is -0.978. The number of hydrogen-bond donors (Lipinski definition) is 1. The lowest BCUT2D eigenvalue weighted by Gasteiger charge is -2.28. The van der Waals surface area contributed by atoms with Crippen molar-refractivity contribution in [1.29, 1.82) is 0 Å². The Morgan fingerprint density at radius 2 is 1.78 bits per heavy atom. The molecule has 2 N–H and O–H groups in total. The predicted octanol–water partition coefficient (Wildman–Crippen LogP) is 3.15. The molecule has 0 aromatic heterocycles. The fourth-order valence-electron chi connectivity index (χ4n) is 4.28. The summed E-state index contributed by atoms with van der Waals surface area (Å²) in [5.74, 6) is -0.553. The summed E-state index contributed by atoms with van der Waals surface area (Å²) in [5, 5.41) is 0. The number of nitrogens with two attached hydrogens (primary N) is 1. The van der Waals surface area contributed by atoms with Crippen molar-refractivity contribution in [3.05, 3.63) is 0 Å². The van der Waals surface area contributed by atoms with E-state index in [1.54, 1.807) is 0 Å². The molecule has 0 saturated carbocycles. The van der Waals surface area contributed by atoms with Gasteiger partial charge in [0.15, 0.2) is 6.10 Å². The van der Waals surface area contributed by atoms with Gasteiger partial charge in [0.05, 0.1) is 11.7 Å². The van der Waals surface area contributed by atoms with Crippen molar-refractivity contribution < 1.29 is 23.9 Å². The molecule has 6 heteroatoms. The number of primary amides is 1. The van der Waals surface area contributed by atoms with Crippen molar-refractivity contribution >= 4 is 17.7 Å². The van der Waals surface area contributed by atoms with Crippen LogP contribution in [0.1, 0.15) is 79.6 Å². The molecule has 5 atom stereocenters. The highest BCUT2D eigenvalue weighted by Crippen LogP contribution is 2.44. The SMILES string of the molecule is CC1CCCC2(C)OC2CC(C(N)=O)OC(=O)CCC(C)(C)C(=O)C(C)C1. The lowest BCUT2D eigenvalue weighted by atomic mass is 9.75. The van der Waals surface area contributed by atoms with E-state index < -0.39 is 23.4 Å². The van der Waals surface area contributed by atoms with Crippen molar-refractivity contribution in [2.75, 3.05) is 0 Å². The van der Waals surface area contributed by atoms with Gasteiger partial charge in [-0.15, -0.1) is 0 Å². The number of Topliss-reactive ketones (excluding diaryl/α,β-unsaturated/α-hetero) is 1. The molecule has 0 bridgehead atoms. The first-order valence-electron chi connectivity index (χ1n) is 10.2. The van der Waals surface area contributed by atoms with Gasteiger partial charge in [-0.05, 0) is 32.1 Å². The Labute approximate surface area is 162 Å². The van der Waals surface area contributed by atoms with Crippen molar-refractivity contribution in [1.82, 2.24) is 0 Å². The van der Waals surface area contributed by atoms with Gasteiger partial charge in [0, 0.05) is 24.2 Å². The molecule has 2 aliphatic rings. The quantitative estimate of drug-likeness (QED) is 0.555. The topological polar surface area (TPSA) is 99.0 Å². The third-order valence-electron chi connectivity index (χ3n) is 6.25. The van der Waals surface area contributed by atoms with E-state index in [-0.39, 0.29) is 29.8 Å². The number of carbonyl (C=O) groups excluding carboxylic acids is 3. The average Bonchev–Trinajstić information content (AvgIpc) is 3.20. The van der Waals surface area contributed by atoms with E-state index in [1.165, 1.54) is 0 Å². The second-order valence-electron chi connectivity index (χ2n) is 9.42. The number of cyclic esters (lactones) is 1. The predicted molar refractivity (Wildman–Crippen MR) is 102 cm³/mol. The Kier molecular flexibility index (Phi) is 6.72. The first kappa shape index (κ1) is 21.9. The van der Waals surface area contributed by atoms with E-state index in [1.807, 2.05) is 27.7 Å². The van der Waals surface area contributed by atoms with E-state index in [4.69, 9.17) is 15.2 Å². The van der Waals surface area contributed by atoms with E-state index in [2.05, 4.69) is 6.92 Å². The Balaban J connectivity index is 2.12. The summed E-state index contributed by atoms with van der Waals surface area (Å²) in [5.41, 5.74) is 4.54. The minimum Gasteiger partial charge on any atom is -0.452 e. The van der Waals surface area contributed by atoms with Gasteiger partial charge in [-0.3, -0.25) is 14.4 Å². The van der Waals surface area contributed by atoms with Crippen LogP contribution in [-0.2, 0) is 23.9 Å². The standard InChI is InChI=1S/C21H35NO5/c1-13-7-6-9-21(5)16(27-21)12-15(19(22)25)26-17(23)8-10-20(3,4)18(24)14(2)11-13/h13-16H,6-12H2,1-5H3,(H2,22,25). The number of rotatable bonds is 1. The molecule has 2 heterocycles. The molecular weight excluding hydrogens is 346 g/mol. The zero-order valence-corrected chi connectivity index (χ0v) is 17.4. The molecule has 154 valence electrons. The Hall–Kier alpha value is -1.43. The number of carbonyl (C=O) groups is 3. The van der Waals surface area contributed by atoms with E-state index in [0.717, 1.165) is 25.7 Å². The van der Waals surface area contributed by atoms with Crippen LogP contribution in [0.25, 0.3) is 0 Å². The summed E-state index contributed by atoms with van der Waals surface area (Å²) in [4.78, 5) is 36.8. The lowest BCUT2D eigenvalue weighted by Crippen LogP contribution is -2.36. The van der Waals surface area contributed by atoms with Gasteiger partial charge in [0.1, 0.15) is 5.78 Å². The smallest absolute Gasteiger partial charge is 0.306 e. The number of ketones is 1. The molecule has 0 spiro atoms. The maximum atomic E-state index is 12.8. The van der Waals surface area contributed by atoms with Crippen molar-refractivity contribution in [2.45, 2.75) is 97.4 Å². The van der Waals surface area contributed by atoms with Gasteiger partial charge in [0.2, 0.25) is 0 Å². The molecule has 2 rings (SSSR count). The summed E-state index contributed by atoms with van der Waals surface area (Å²) in [6, 6.07) is 0. The lowest BCUT2D eigenvalue weighted by molar-refractivity contribution is -0.156. The fourth-order valence-corrected chi connectivity index (χ4v) is 4.28. The minimum absolute atomic E-state index is 0.0437.